The first-order valence-corrected chi connectivity index (χ1v) is 10.3. The molecule has 0 aliphatic heterocycles. The van der Waals surface area contributed by atoms with Crippen molar-refractivity contribution in [3.63, 3.8) is 0 Å². The minimum atomic E-state index is -4.15. The summed E-state index contributed by atoms with van der Waals surface area (Å²) in [7, 11) is -4.15. The van der Waals surface area contributed by atoms with Crippen LogP contribution in [0, 0.1) is 10.1 Å². The highest BCUT2D eigenvalue weighted by atomic mass is 79.9. The number of non-ortho nitro benzene ring substituents is 1. The average Bonchev–Trinajstić information content (AvgIpc) is 2.66. The van der Waals surface area contributed by atoms with E-state index >= 15 is 0 Å². The maximum absolute atomic E-state index is 12.6. The molecule has 28 heavy (non-hydrogen) atoms. The average molecular weight is 473 g/mol. The smallest absolute Gasteiger partial charge is 0.327 e. The van der Waals surface area contributed by atoms with Gasteiger partial charge in [-0.15, -0.1) is 0 Å². The minimum Gasteiger partial charge on any atom is -0.465 e. The number of hydrogen-bond acceptors (Lipinski definition) is 7. The maximum atomic E-state index is 12.6. The van der Waals surface area contributed by atoms with Crippen molar-refractivity contribution in [3.05, 3.63) is 68.7 Å². The minimum absolute atomic E-state index is 0.0255. The topological polar surface area (TPSA) is 136 Å². The number of nitro benzene ring substituents is 1. The van der Waals surface area contributed by atoms with Crippen LogP contribution >= 0.6 is 15.9 Å². The van der Waals surface area contributed by atoms with Crippen LogP contribution in [0.2, 0.25) is 0 Å². The number of nitrogens with one attached hydrogen (secondary N) is 1. The van der Waals surface area contributed by atoms with E-state index in [-0.39, 0.29) is 22.8 Å². The van der Waals surface area contributed by atoms with E-state index in [9.17, 15) is 28.4 Å². The molecule has 2 atom stereocenters. The van der Waals surface area contributed by atoms with Crippen molar-refractivity contribution in [1.29, 1.82) is 0 Å². The van der Waals surface area contributed by atoms with Crippen LogP contribution in [0.5, 0.6) is 0 Å². The molecule has 2 aromatic carbocycles. The van der Waals surface area contributed by atoms with Gasteiger partial charge in [0, 0.05) is 16.6 Å². The van der Waals surface area contributed by atoms with Crippen LogP contribution in [0.3, 0.4) is 0 Å². The Morgan fingerprint density at radius 3 is 2.29 bits per heavy atom. The number of hydrogen-bond donors (Lipinski definition) is 2. The van der Waals surface area contributed by atoms with E-state index in [1.54, 1.807) is 0 Å². The quantitative estimate of drug-likeness (QED) is 0.341. The predicted octanol–water partition coefficient (Wildman–Crippen LogP) is 2.30. The van der Waals surface area contributed by atoms with Crippen molar-refractivity contribution in [3.8, 4) is 0 Å². The van der Waals surface area contributed by atoms with Crippen molar-refractivity contribution in [2.75, 3.05) is 6.61 Å². The summed E-state index contributed by atoms with van der Waals surface area (Å²) in [5, 5.41) is 21.3. The van der Waals surface area contributed by atoms with Crippen LogP contribution in [-0.4, -0.2) is 37.1 Å². The van der Waals surface area contributed by atoms with E-state index in [0.717, 1.165) is 12.1 Å². The molecule has 0 bridgehead atoms. The van der Waals surface area contributed by atoms with Crippen molar-refractivity contribution in [1.82, 2.24) is 4.72 Å². The number of benzene rings is 2. The Labute approximate surface area is 169 Å². The Morgan fingerprint density at radius 1 is 1.21 bits per heavy atom. The van der Waals surface area contributed by atoms with Gasteiger partial charge < -0.3 is 9.84 Å². The zero-order chi connectivity index (χ0) is 20.9. The summed E-state index contributed by atoms with van der Waals surface area (Å²) in [5.41, 5.74) is -0.0961. The molecule has 11 heteroatoms. The van der Waals surface area contributed by atoms with Crippen molar-refractivity contribution in [2.45, 2.75) is 24.0 Å². The molecule has 0 saturated heterocycles. The Hall–Kier alpha value is -2.34. The van der Waals surface area contributed by atoms with Crippen molar-refractivity contribution in [2.24, 2.45) is 0 Å². The third-order valence-corrected chi connectivity index (χ3v) is 5.69. The lowest BCUT2D eigenvalue weighted by Crippen LogP contribution is -2.45. The van der Waals surface area contributed by atoms with Gasteiger partial charge >= 0.3 is 5.97 Å². The van der Waals surface area contributed by atoms with Crippen LogP contribution < -0.4 is 4.72 Å². The van der Waals surface area contributed by atoms with Gasteiger partial charge in [0.25, 0.3) is 5.69 Å². The fourth-order valence-corrected chi connectivity index (χ4v) is 3.76. The van der Waals surface area contributed by atoms with Gasteiger partial charge in [0.1, 0.15) is 12.1 Å². The van der Waals surface area contributed by atoms with Crippen LogP contribution in [0.15, 0.2) is 57.9 Å². The highest BCUT2D eigenvalue weighted by molar-refractivity contribution is 9.10. The molecule has 0 fully saturated rings. The second kappa shape index (κ2) is 9.24. The second-order valence-electron chi connectivity index (χ2n) is 5.60. The number of aliphatic hydroxyl groups excluding tert-OH is 1. The number of nitrogens with zero attached hydrogens (tertiary/aromatic N) is 1. The van der Waals surface area contributed by atoms with E-state index in [1.165, 1.54) is 43.3 Å². The second-order valence-corrected chi connectivity index (χ2v) is 8.23. The van der Waals surface area contributed by atoms with Crippen LogP contribution in [0.4, 0.5) is 5.69 Å². The largest absolute Gasteiger partial charge is 0.465 e. The van der Waals surface area contributed by atoms with Gasteiger partial charge in [-0.1, -0.05) is 15.9 Å². The fourth-order valence-electron chi connectivity index (χ4n) is 2.31. The summed E-state index contributed by atoms with van der Waals surface area (Å²) in [4.78, 5) is 22.3. The summed E-state index contributed by atoms with van der Waals surface area (Å²) < 4.78 is 32.9. The molecule has 0 aliphatic rings. The van der Waals surface area contributed by atoms with Crippen molar-refractivity contribution >= 4 is 37.6 Å². The number of ether oxygens (including phenoxy) is 1. The van der Waals surface area contributed by atoms with Gasteiger partial charge in [-0.2, -0.15) is 4.72 Å². The number of sulfonamides is 1. The number of nitro groups is 1. The first-order valence-electron chi connectivity index (χ1n) is 8.02. The SMILES string of the molecule is CCOC(=O)[C@H](NS(=O)(=O)c1ccc(Br)cc1)[C@@H](O)c1ccc([N+](=O)[O-])cc1. The molecule has 0 spiro atoms. The lowest BCUT2D eigenvalue weighted by Gasteiger charge is -2.22. The number of halogens is 1. The number of esters is 1. The Bertz CT molecular complexity index is 946. The monoisotopic (exact) mass is 472 g/mol. The number of rotatable bonds is 8. The summed E-state index contributed by atoms with van der Waals surface area (Å²) in [5.74, 6) is -0.978. The lowest BCUT2D eigenvalue weighted by molar-refractivity contribution is -0.384. The van der Waals surface area contributed by atoms with E-state index in [2.05, 4.69) is 20.7 Å². The maximum Gasteiger partial charge on any atom is 0.327 e. The standard InChI is InChI=1S/C17H17BrN2O7S/c1-2-27-17(22)15(16(21)11-3-7-13(8-4-11)20(23)24)19-28(25,26)14-9-5-12(18)6-10-14/h3-10,15-16,19,21H,2H2,1H3/t15-,16+/m1/s1. The zero-order valence-corrected chi connectivity index (χ0v) is 17.0. The summed E-state index contributed by atoms with van der Waals surface area (Å²) in [6, 6.07) is 8.80. The van der Waals surface area contributed by atoms with Crippen LogP contribution in [0.25, 0.3) is 0 Å². The highest BCUT2D eigenvalue weighted by Crippen LogP contribution is 2.23. The summed E-state index contributed by atoms with van der Waals surface area (Å²) >= 11 is 3.20. The van der Waals surface area contributed by atoms with E-state index in [1.807, 2.05) is 0 Å². The lowest BCUT2D eigenvalue weighted by atomic mass is 10.0. The van der Waals surface area contributed by atoms with Crippen LogP contribution in [-0.2, 0) is 19.6 Å². The molecule has 0 heterocycles. The zero-order valence-electron chi connectivity index (χ0n) is 14.6. The third-order valence-electron chi connectivity index (χ3n) is 3.71. The summed E-state index contributed by atoms with van der Waals surface area (Å²) in [6.45, 7) is 1.51. The predicted molar refractivity (Wildman–Crippen MR) is 103 cm³/mol. The molecule has 0 aromatic heterocycles. The van der Waals surface area contributed by atoms with Gasteiger partial charge in [-0.3, -0.25) is 14.9 Å². The Kier molecular flexibility index (Phi) is 7.24. The molecule has 2 aromatic rings. The van der Waals surface area contributed by atoms with Crippen molar-refractivity contribution < 1.29 is 28.0 Å². The third kappa shape index (κ3) is 5.35. The molecular weight excluding hydrogens is 456 g/mol. The first-order chi connectivity index (χ1) is 13.2. The molecule has 9 nitrogen and oxygen atoms in total. The molecule has 0 saturated carbocycles. The van der Waals surface area contributed by atoms with E-state index in [0.29, 0.717) is 4.47 Å². The fraction of sp³-hybridized carbons (Fsp3) is 0.235. The van der Waals surface area contributed by atoms with Gasteiger partial charge in [-0.25, -0.2) is 8.42 Å². The summed E-state index contributed by atoms with van der Waals surface area (Å²) in [6.07, 6.45) is -1.62. The van der Waals surface area contributed by atoms with Gasteiger partial charge in [0.05, 0.1) is 16.4 Å². The molecule has 0 aliphatic carbocycles. The number of carbonyl (C=O) groups excluding carboxylic acids is 1. The van der Waals surface area contributed by atoms with Gasteiger partial charge in [0.15, 0.2) is 0 Å². The van der Waals surface area contributed by atoms with Crippen LogP contribution in [0.1, 0.15) is 18.6 Å². The molecule has 0 amide bonds. The molecule has 0 radical (unpaired) electrons. The molecule has 2 rings (SSSR count). The highest BCUT2D eigenvalue weighted by Gasteiger charge is 2.34. The van der Waals surface area contributed by atoms with Gasteiger partial charge in [0.2, 0.25) is 10.0 Å². The Morgan fingerprint density at radius 2 is 1.79 bits per heavy atom. The number of aliphatic hydroxyl groups is 1. The number of carbonyl (C=O) groups is 1. The van der Waals surface area contributed by atoms with E-state index < -0.39 is 33.1 Å². The molecular formula is C17H17BrN2O7S. The van der Waals surface area contributed by atoms with Gasteiger partial charge in [-0.05, 0) is 48.9 Å². The first kappa shape index (κ1) is 22.0. The molecule has 150 valence electrons. The molecule has 0 unspecified atom stereocenters. The molecule has 2 N–H and O–H groups in total. The normalized spacial score (nSPS) is 13.5. The Balaban J connectivity index is 2.34. The van der Waals surface area contributed by atoms with E-state index in [4.69, 9.17) is 4.74 Å².